The van der Waals surface area contributed by atoms with E-state index in [-0.39, 0.29) is 36.0 Å². The van der Waals surface area contributed by atoms with Gasteiger partial charge in [0.25, 0.3) is 5.56 Å². The summed E-state index contributed by atoms with van der Waals surface area (Å²) in [5.74, 6) is 0.00224. The maximum Gasteiger partial charge on any atom is 0.481 e. The van der Waals surface area contributed by atoms with Crippen LogP contribution in [0.3, 0.4) is 0 Å². The number of alkyl halides is 3. The standard InChI is InChI=1S/C43H48BF3N6O5/c1-6-35(44-57-34-21-28-20-33(40(28,2)3)42(34,5)58-44)51-36(54)32-22-41(4,52-39(56)50-30-18-11-10-17-29(30)26-14-8-7-9-15-26)38-49-24-31(37(55)53(32)38)48-23-25-13-12-16-27(19-25)43(45,46)47/h7-19,24,28,32-35,48H,6,20-23H2,1-5H3,(H,51,54)(H2,50,52,56)/t28-,32-,33-,34+,35-,41+,42-/m0/s1. The maximum absolute atomic E-state index is 14.5. The minimum atomic E-state index is -4.53. The van der Waals surface area contributed by atoms with Gasteiger partial charge in [0.2, 0.25) is 5.91 Å². The Labute approximate surface area is 335 Å². The first-order valence-electron chi connectivity index (χ1n) is 19.9. The fraction of sp³-hybridized carbons (Fsp3) is 0.442. The van der Waals surface area contributed by atoms with Crippen molar-refractivity contribution in [2.45, 2.75) is 102 Å². The van der Waals surface area contributed by atoms with Gasteiger partial charge in [0.05, 0.1) is 40.6 Å². The van der Waals surface area contributed by atoms with Crippen molar-refractivity contribution >= 4 is 30.4 Å². The van der Waals surface area contributed by atoms with Crippen molar-refractivity contribution in [3.8, 4) is 11.1 Å². The third-order valence-corrected chi connectivity index (χ3v) is 13.2. The number of carbonyl (C=O) groups is 2. The van der Waals surface area contributed by atoms with E-state index in [2.05, 4.69) is 47.0 Å². The highest BCUT2D eigenvalue weighted by atomic mass is 19.4. The summed E-state index contributed by atoms with van der Waals surface area (Å²) < 4.78 is 54.8. The van der Waals surface area contributed by atoms with Crippen molar-refractivity contribution in [2.75, 3.05) is 10.6 Å². The molecule has 2 aliphatic heterocycles. The number of benzene rings is 3. The van der Waals surface area contributed by atoms with Gasteiger partial charge >= 0.3 is 19.3 Å². The Hall–Kier alpha value is -5.15. The first-order valence-corrected chi connectivity index (χ1v) is 19.9. The molecule has 58 heavy (non-hydrogen) atoms. The summed E-state index contributed by atoms with van der Waals surface area (Å²) in [6, 6.07) is 20.1. The molecule has 2 bridgehead atoms. The van der Waals surface area contributed by atoms with Gasteiger partial charge in [-0.05, 0) is 79.7 Å². The van der Waals surface area contributed by atoms with E-state index < -0.39 is 59.5 Å². The van der Waals surface area contributed by atoms with Gasteiger partial charge in [-0.2, -0.15) is 13.2 Å². The van der Waals surface area contributed by atoms with Crippen LogP contribution in [0.2, 0.25) is 0 Å². The Morgan fingerprint density at radius 1 is 0.983 bits per heavy atom. The highest BCUT2D eigenvalue weighted by Crippen LogP contribution is 2.65. The number of rotatable bonds is 10. The molecule has 0 unspecified atom stereocenters. The van der Waals surface area contributed by atoms with Gasteiger partial charge in [0.1, 0.15) is 17.6 Å². The van der Waals surface area contributed by atoms with Gasteiger partial charge in [-0.1, -0.05) is 81.4 Å². The van der Waals surface area contributed by atoms with Crippen LogP contribution < -0.4 is 26.8 Å². The van der Waals surface area contributed by atoms with Gasteiger partial charge < -0.3 is 30.6 Å². The minimum absolute atomic E-state index is 0.0162. The molecule has 0 radical (unpaired) electrons. The quantitative estimate of drug-likeness (QED) is 0.121. The van der Waals surface area contributed by atoms with Crippen LogP contribution >= 0.6 is 0 Å². The number of hydrogen-bond acceptors (Lipinski definition) is 7. The van der Waals surface area contributed by atoms with Crippen LogP contribution in [0, 0.1) is 17.3 Å². The second-order valence-electron chi connectivity index (χ2n) is 17.1. The van der Waals surface area contributed by atoms with Crippen molar-refractivity contribution in [3.63, 3.8) is 0 Å². The van der Waals surface area contributed by atoms with E-state index in [0.717, 1.165) is 36.1 Å². The summed E-state index contributed by atoms with van der Waals surface area (Å²) in [6.07, 6.45) is -0.910. The van der Waals surface area contributed by atoms with Crippen LogP contribution in [-0.2, 0) is 32.4 Å². The number of nitrogens with zero attached hydrogens (tertiary/aromatic N) is 2. The Balaban J connectivity index is 1.06. The van der Waals surface area contributed by atoms with Crippen molar-refractivity contribution in [3.05, 3.63) is 112 Å². The average molecular weight is 797 g/mol. The topological polar surface area (TPSA) is 136 Å². The SMILES string of the molecule is CC[C@H](NC(=O)[C@@H]1C[C@@](C)(NC(=O)Nc2ccccc2-c2ccccc2)c2ncc(NCc3cccc(C(F)(F)F)c3)c(=O)n21)B1O[C@@H]2C[C@@H]3C[C@@H](C3(C)C)[C@]2(C)O1. The molecule has 4 N–H and O–H groups in total. The van der Waals surface area contributed by atoms with Crippen LogP contribution in [0.1, 0.15) is 83.3 Å². The minimum Gasteiger partial charge on any atom is -0.404 e. The third kappa shape index (κ3) is 6.95. The lowest BCUT2D eigenvalue weighted by atomic mass is 9.43. The Morgan fingerprint density at radius 3 is 2.45 bits per heavy atom. The number of carbonyl (C=O) groups excluding carboxylic acids is 2. The van der Waals surface area contributed by atoms with Crippen LogP contribution in [0.5, 0.6) is 0 Å². The van der Waals surface area contributed by atoms with E-state index in [0.29, 0.717) is 29.5 Å². The maximum atomic E-state index is 14.5. The number of fused-ring (bicyclic) bond motifs is 1. The predicted octanol–water partition coefficient (Wildman–Crippen LogP) is 7.69. The molecule has 3 aromatic carbocycles. The van der Waals surface area contributed by atoms with Gasteiger partial charge in [-0.25, -0.2) is 9.78 Å². The molecule has 7 atom stereocenters. The average Bonchev–Trinajstić information content (AvgIpc) is 3.70. The Morgan fingerprint density at radius 2 is 1.72 bits per heavy atom. The monoisotopic (exact) mass is 796 g/mol. The number of aromatic nitrogens is 2. The fourth-order valence-corrected chi connectivity index (χ4v) is 9.81. The van der Waals surface area contributed by atoms with E-state index >= 15 is 0 Å². The number of anilines is 2. The smallest absolute Gasteiger partial charge is 0.404 e. The summed E-state index contributed by atoms with van der Waals surface area (Å²) in [7, 11) is -0.699. The summed E-state index contributed by atoms with van der Waals surface area (Å²) in [5.41, 5.74) is -0.540. The molecule has 1 aromatic heterocycles. The zero-order valence-electron chi connectivity index (χ0n) is 33.2. The third-order valence-electron chi connectivity index (χ3n) is 13.2. The summed E-state index contributed by atoms with van der Waals surface area (Å²) in [6.45, 7) is 10.2. The Kier molecular flexibility index (Phi) is 9.98. The molecular formula is C43H48BF3N6O5. The first-order chi connectivity index (χ1) is 27.5. The molecule has 1 saturated heterocycles. The van der Waals surface area contributed by atoms with E-state index in [9.17, 15) is 27.6 Å². The van der Waals surface area contributed by atoms with Gasteiger partial charge in [-0.15, -0.1) is 0 Å². The van der Waals surface area contributed by atoms with Gasteiger partial charge in [0.15, 0.2) is 0 Å². The highest BCUT2D eigenvalue weighted by Gasteiger charge is 2.68. The summed E-state index contributed by atoms with van der Waals surface area (Å²) in [4.78, 5) is 47.2. The fourth-order valence-electron chi connectivity index (χ4n) is 9.81. The molecule has 304 valence electrons. The van der Waals surface area contributed by atoms with Crippen molar-refractivity contribution < 1.29 is 32.1 Å². The number of para-hydroxylation sites is 1. The molecule has 5 aliphatic rings. The molecule has 9 rings (SSSR count). The molecule has 4 aromatic rings. The molecule has 15 heteroatoms. The first kappa shape index (κ1) is 39.7. The van der Waals surface area contributed by atoms with Crippen molar-refractivity contribution in [2.24, 2.45) is 17.3 Å². The van der Waals surface area contributed by atoms with Crippen molar-refractivity contribution in [1.82, 2.24) is 20.2 Å². The van der Waals surface area contributed by atoms with E-state index in [4.69, 9.17) is 9.31 Å². The lowest BCUT2D eigenvalue weighted by Gasteiger charge is -2.64. The van der Waals surface area contributed by atoms with Crippen LogP contribution in [-0.4, -0.2) is 46.3 Å². The van der Waals surface area contributed by atoms with Crippen LogP contribution in [0.25, 0.3) is 11.1 Å². The molecule has 3 amide bonds. The zero-order valence-corrected chi connectivity index (χ0v) is 33.2. The van der Waals surface area contributed by atoms with Crippen LogP contribution in [0.4, 0.5) is 29.3 Å². The van der Waals surface area contributed by atoms with Gasteiger partial charge in [-0.3, -0.25) is 14.2 Å². The number of halogens is 3. The lowest BCUT2D eigenvalue weighted by Crippen LogP contribution is -2.65. The van der Waals surface area contributed by atoms with E-state index in [1.807, 2.05) is 55.5 Å². The van der Waals surface area contributed by atoms with Gasteiger partial charge in [0, 0.05) is 18.5 Å². The van der Waals surface area contributed by atoms with E-state index in [1.165, 1.54) is 22.9 Å². The van der Waals surface area contributed by atoms with E-state index in [1.54, 1.807) is 13.0 Å². The molecule has 3 heterocycles. The van der Waals surface area contributed by atoms with Crippen LogP contribution in [0.15, 0.2) is 89.9 Å². The highest BCUT2D eigenvalue weighted by molar-refractivity contribution is 6.47. The lowest BCUT2D eigenvalue weighted by molar-refractivity contribution is -0.199. The normalized spacial score (nSPS) is 27.1. The number of hydrogen-bond donors (Lipinski definition) is 4. The number of urea groups is 1. The molecule has 3 aliphatic carbocycles. The number of nitrogens with one attached hydrogen (secondary N) is 4. The second kappa shape index (κ2) is 14.6. The number of amides is 3. The molecule has 4 fully saturated rings. The van der Waals surface area contributed by atoms with Crippen molar-refractivity contribution in [1.29, 1.82) is 0 Å². The molecular weight excluding hydrogens is 748 g/mol. The second-order valence-corrected chi connectivity index (χ2v) is 17.1. The largest absolute Gasteiger partial charge is 0.481 e. The molecule has 0 spiro atoms. The summed E-state index contributed by atoms with van der Waals surface area (Å²) in [5, 5.41) is 12.0. The Bertz CT molecular complexity index is 2290. The molecule has 3 saturated carbocycles. The zero-order chi connectivity index (χ0) is 41.2. The predicted molar refractivity (Wildman–Crippen MR) is 215 cm³/mol. The summed E-state index contributed by atoms with van der Waals surface area (Å²) >= 11 is 0. The molecule has 11 nitrogen and oxygen atoms in total.